The van der Waals surface area contributed by atoms with E-state index in [4.69, 9.17) is 10.5 Å². The van der Waals surface area contributed by atoms with E-state index in [2.05, 4.69) is 4.98 Å². The Morgan fingerprint density at radius 2 is 2.04 bits per heavy atom. The Labute approximate surface area is 133 Å². The number of carbonyl (C=O) groups is 1. The van der Waals surface area contributed by atoms with Crippen molar-refractivity contribution in [2.45, 2.75) is 26.5 Å². The van der Waals surface area contributed by atoms with Crippen LogP contribution in [-0.2, 0) is 11.3 Å². The van der Waals surface area contributed by atoms with Gasteiger partial charge in [0.2, 0.25) is 0 Å². The molecule has 1 aliphatic rings. The lowest BCUT2D eigenvalue weighted by molar-refractivity contribution is -0.128. The Bertz CT molecular complexity index is 748. The summed E-state index contributed by atoms with van der Waals surface area (Å²) in [6.45, 7) is 3.89. The number of rotatable bonds is 3. The molecule has 0 radical (unpaired) electrons. The van der Waals surface area contributed by atoms with Gasteiger partial charge in [0.1, 0.15) is 11.6 Å². The molecule has 0 aliphatic carbocycles. The van der Waals surface area contributed by atoms with Crippen molar-refractivity contribution in [1.29, 1.82) is 0 Å². The molecule has 5 nitrogen and oxygen atoms in total. The molecule has 1 amide bonds. The molecule has 0 saturated heterocycles. The van der Waals surface area contributed by atoms with E-state index in [9.17, 15) is 9.18 Å². The summed E-state index contributed by atoms with van der Waals surface area (Å²) < 4.78 is 19.7. The van der Waals surface area contributed by atoms with E-state index in [0.717, 1.165) is 0 Å². The summed E-state index contributed by atoms with van der Waals surface area (Å²) in [5, 5.41) is 0. The van der Waals surface area contributed by atoms with Crippen LogP contribution in [0.1, 0.15) is 19.4 Å². The number of pyridine rings is 1. The van der Waals surface area contributed by atoms with Crippen LogP contribution in [0.15, 0.2) is 36.4 Å². The first-order valence-corrected chi connectivity index (χ1v) is 7.45. The summed E-state index contributed by atoms with van der Waals surface area (Å²) in [7, 11) is 0. The largest absolute Gasteiger partial charge is 0.476 e. The minimum Gasteiger partial charge on any atom is -0.476 e. The summed E-state index contributed by atoms with van der Waals surface area (Å²) in [6.07, 6.45) is -0.625. The highest BCUT2D eigenvalue weighted by atomic mass is 19.1. The van der Waals surface area contributed by atoms with Crippen molar-refractivity contribution in [2.75, 3.05) is 10.6 Å². The molecule has 1 aromatic heterocycles. The third-order valence-corrected chi connectivity index (χ3v) is 3.77. The molecular weight excluding hydrogens is 297 g/mol. The lowest BCUT2D eigenvalue weighted by Crippen LogP contribution is -2.48. The summed E-state index contributed by atoms with van der Waals surface area (Å²) >= 11 is 0. The second-order valence-corrected chi connectivity index (χ2v) is 5.86. The zero-order chi connectivity index (χ0) is 16.6. The van der Waals surface area contributed by atoms with Crippen LogP contribution in [0, 0.1) is 11.7 Å². The highest BCUT2D eigenvalue weighted by Crippen LogP contribution is 2.35. The number of hydrogen-bond acceptors (Lipinski definition) is 4. The second-order valence-electron chi connectivity index (χ2n) is 5.86. The van der Waals surface area contributed by atoms with Crippen molar-refractivity contribution >= 4 is 17.5 Å². The van der Waals surface area contributed by atoms with E-state index in [0.29, 0.717) is 17.1 Å². The molecule has 2 heterocycles. The zero-order valence-electron chi connectivity index (χ0n) is 13.0. The van der Waals surface area contributed by atoms with Crippen LogP contribution in [0.25, 0.3) is 0 Å². The van der Waals surface area contributed by atoms with Gasteiger partial charge in [-0.3, -0.25) is 9.69 Å². The van der Waals surface area contributed by atoms with Gasteiger partial charge in [-0.25, -0.2) is 9.37 Å². The second kappa shape index (κ2) is 5.87. The number of nitrogens with zero attached hydrogens (tertiary/aromatic N) is 2. The third-order valence-electron chi connectivity index (χ3n) is 3.77. The smallest absolute Gasteiger partial charge is 0.269 e. The minimum atomic E-state index is -0.625. The first-order chi connectivity index (χ1) is 11.0. The Hall–Kier alpha value is -2.63. The fourth-order valence-electron chi connectivity index (χ4n) is 2.55. The summed E-state index contributed by atoms with van der Waals surface area (Å²) in [6, 6.07) is 9.67. The normalized spacial score (nSPS) is 17.1. The van der Waals surface area contributed by atoms with E-state index in [1.165, 1.54) is 11.0 Å². The molecule has 0 bridgehead atoms. The van der Waals surface area contributed by atoms with Crippen LogP contribution in [0.5, 0.6) is 5.75 Å². The van der Waals surface area contributed by atoms with Crippen LogP contribution >= 0.6 is 0 Å². The van der Waals surface area contributed by atoms with E-state index < -0.39 is 6.10 Å². The quantitative estimate of drug-likeness (QED) is 0.945. The van der Waals surface area contributed by atoms with Crippen LogP contribution in [0.2, 0.25) is 0 Å². The number of ether oxygens (including phenoxy) is 1. The van der Waals surface area contributed by atoms with E-state index in [1.54, 1.807) is 30.3 Å². The Morgan fingerprint density at radius 3 is 2.74 bits per heavy atom. The summed E-state index contributed by atoms with van der Waals surface area (Å²) in [4.78, 5) is 18.4. The van der Waals surface area contributed by atoms with Gasteiger partial charge in [-0.15, -0.1) is 0 Å². The average Bonchev–Trinajstić information content (AvgIpc) is 2.51. The lowest BCUT2D eigenvalue weighted by atomic mass is 10.0. The molecule has 120 valence electrons. The van der Waals surface area contributed by atoms with Gasteiger partial charge in [0.25, 0.3) is 5.91 Å². The van der Waals surface area contributed by atoms with Gasteiger partial charge >= 0.3 is 0 Å². The summed E-state index contributed by atoms with van der Waals surface area (Å²) in [5.41, 5.74) is 6.15. The molecular formula is C17H18FN3O2. The van der Waals surface area contributed by atoms with Gasteiger partial charge in [0.15, 0.2) is 17.7 Å². The minimum absolute atomic E-state index is 0.0173. The maximum atomic E-state index is 14.0. The number of nitrogen functional groups attached to an aromatic ring is 1. The van der Waals surface area contributed by atoms with Crippen molar-refractivity contribution in [3.05, 3.63) is 47.8 Å². The molecule has 0 fully saturated rings. The first-order valence-electron chi connectivity index (χ1n) is 7.45. The van der Waals surface area contributed by atoms with Crippen LogP contribution in [-0.4, -0.2) is 17.0 Å². The van der Waals surface area contributed by atoms with E-state index in [-0.39, 0.29) is 30.0 Å². The monoisotopic (exact) mass is 315 g/mol. The number of fused-ring (bicyclic) bond motifs is 1. The molecule has 1 aromatic carbocycles. The fraction of sp³-hybridized carbons (Fsp3) is 0.294. The maximum Gasteiger partial charge on any atom is 0.269 e. The molecule has 2 aromatic rings. The zero-order valence-corrected chi connectivity index (χ0v) is 13.0. The number of nitrogens with two attached hydrogens (primary N) is 1. The average molecular weight is 315 g/mol. The molecule has 1 aliphatic heterocycles. The van der Waals surface area contributed by atoms with Crippen molar-refractivity contribution in [3.8, 4) is 5.75 Å². The SMILES string of the molecule is CC(C)C1Oc2ccc(N)nc2N(Cc2ccccc2F)C1=O. The number of anilines is 2. The molecule has 1 atom stereocenters. The van der Waals surface area contributed by atoms with Gasteiger partial charge in [-0.1, -0.05) is 32.0 Å². The first kappa shape index (κ1) is 15.3. The van der Waals surface area contributed by atoms with Crippen molar-refractivity contribution in [2.24, 2.45) is 5.92 Å². The van der Waals surface area contributed by atoms with Crippen LogP contribution < -0.4 is 15.4 Å². The predicted octanol–water partition coefficient (Wildman–Crippen LogP) is 2.75. The van der Waals surface area contributed by atoms with Gasteiger partial charge in [0.05, 0.1) is 6.54 Å². The highest BCUT2D eigenvalue weighted by molar-refractivity contribution is 5.99. The predicted molar refractivity (Wildman–Crippen MR) is 85.5 cm³/mol. The Kier molecular flexibility index (Phi) is 3.90. The number of halogens is 1. The number of carbonyl (C=O) groups excluding carboxylic acids is 1. The van der Waals surface area contributed by atoms with Gasteiger partial charge in [0, 0.05) is 5.56 Å². The van der Waals surface area contributed by atoms with Crippen molar-refractivity contribution in [1.82, 2.24) is 4.98 Å². The van der Waals surface area contributed by atoms with Crippen molar-refractivity contribution < 1.29 is 13.9 Å². The number of benzene rings is 1. The standard InChI is InChI=1S/C17H18FN3O2/c1-10(2)15-17(22)21(9-11-5-3-4-6-12(11)18)16-13(23-15)7-8-14(19)20-16/h3-8,10,15H,9H2,1-2H3,(H2,19,20). The number of amides is 1. The molecule has 6 heteroatoms. The molecule has 23 heavy (non-hydrogen) atoms. The van der Waals surface area contributed by atoms with Crippen molar-refractivity contribution in [3.63, 3.8) is 0 Å². The number of hydrogen-bond donors (Lipinski definition) is 1. The van der Waals surface area contributed by atoms with E-state index in [1.807, 2.05) is 13.8 Å². The van der Waals surface area contributed by atoms with Crippen LogP contribution in [0.4, 0.5) is 16.0 Å². The Balaban J connectivity index is 2.04. The van der Waals surface area contributed by atoms with Gasteiger partial charge in [-0.05, 0) is 24.1 Å². The summed E-state index contributed by atoms with van der Waals surface area (Å²) in [5.74, 6) is 0.467. The van der Waals surface area contributed by atoms with Gasteiger partial charge < -0.3 is 10.5 Å². The highest BCUT2D eigenvalue weighted by Gasteiger charge is 2.37. The number of aromatic nitrogens is 1. The molecule has 1 unspecified atom stereocenters. The topological polar surface area (TPSA) is 68.5 Å². The molecule has 0 spiro atoms. The van der Waals surface area contributed by atoms with Crippen LogP contribution in [0.3, 0.4) is 0 Å². The fourth-order valence-corrected chi connectivity index (χ4v) is 2.55. The molecule has 0 saturated carbocycles. The third kappa shape index (κ3) is 2.84. The van der Waals surface area contributed by atoms with E-state index >= 15 is 0 Å². The lowest BCUT2D eigenvalue weighted by Gasteiger charge is -2.35. The van der Waals surface area contributed by atoms with Gasteiger partial charge in [-0.2, -0.15) is 0 Å². The molecule has 2 N–H and O–H groups in total. The Morgan fingerprint density at radius 1 is 1.30 bits per heavy atom. The maximum absolute atomic E-state index is 14.0. The molecule has 3 rings (SSSR count).